The van der Waals surface area contributed by atoms with E-state index in [0.717, 1.165) is 11.3 Å². The Morgan fingerprint density at radius 2 is 1.86 bits per heavy atom. The van der Waals surface area contributed by atoms with E-state index in [1.807, 2.05) is 48.5 Å². The number of carbonyl (C=O) groups excluding carboxylic acids is 1. The molecule has 0 atom stereocenters. The van der Waals surface area contributed by atoms with E-state index < -0.39 is 10.0 Å². The van der Waals surface area contributed by atoms with Crippen molar-refractivity contribution in [2.24, 2.45) is 5.92 Å². The fourth-order valence-corrected chi connectivity index (χ4v) is 5.40. The van der Waals surface area contributed by atoms with Crippen molar-refractivity contribution in [3.63, 3.8) is 0 Å². The van der Waals surface area contributed by atoms with E-state index >= 15 is 0 Å². The van der Waals surface area contributed by atoms with Gasteiger partial charge in [0.05, 0.1) is 22.2 Å². The number of carbonyl (C=O) groups is 1. The number of benzene rings is 2. The minimum absolute atomic E-state index is 0.0831. The minimum atomic E-state index is -3.65. The van der Waals surface area contributed by atoms with Crippen molar-refractivity contribution >= 4 is 15.9 Å². The molecule has 2 aromatic carbocycles. The Kier molecular flexibility index (Phi) is 7.75. The number of pyridine rings is 1. The smallest absolute Gasteiger partial charge is 0.243 e. The topological polar surface area (TPSA) is 112 Å². The predicted octanol–water partition coefficient (Wildman–Crippen LogP) is 3.25. The van der Waals surface area contributed by atoms with Gasteiger partial charge in [-0.1, -0.05) is 18.2 Å². The van der Waals surface area contributed by atoms with Crippen LogP contribution in [-0.4, -0.2) is 36.7 Å². The Morgan fingerprint density at radius 3 is 2.54 bits per heavy atom. The molecule has 0 aliphatic carbocycles. The van der Waals surface area contributed by atoms with Gasteiger partial charge in [0, 0.05) is 31.7 Å². The van der Waals surface area contributed by atoms with Gasteiger partial charge in [-0.2, -0.15) is 9.57 Å². The fraction of sp³-hybridized carbons (Fsp3) is 0.269. The summed E-state index contributed by atoms with van der Waals surface area (Å²) < 4.78 is 33.0. The number of piperidine rings is 1. The number of hydrogen-bond acceptors (Lipinski definition) is 6. The first-order valence-electron chi connectivity index (χ1n) is 11.4. The number of nitrogens with one attached hydrogen (secondary N) is 1. The molecule has 2 heterocycles. The molecular weight excluding hydrogens is 464 g/mol. The zero-order valence-corrected chi connectivity index (χ0v) is 19.9. The molecule has 1 aromatic heterocycles. The van der Waals surface area contributed by atoms with Gasteiger partial charge in [-0.05, 0) is 66.9 Å². The number of sulfonamides is 1. The predicted molar refractivity (Wildman–Crippen MR) is 129 cm³/mol. The van der Waals surface area contributed by atoms with Crippen LogP contribution in [0.25, 0.3) is 0 Å². The van der Waals surface area contributed by atoms with Gasteiger partial charge in [0.25, 0.3) is 0 Å². The van der Waals surface area contributed by atoms with Crippen LogP contribution in [0.1, 0.15) is 29.7 Å². The molecule has 9 heteroatoms. The van der Waals surface area contributed by atoms with Gasteiger partial charge >= 0.3 is 0 Å². The van der Waals surface area contributed by atoms with Gasteiger partial charge in [0.15, 0.2) is 0 Å². The van der Waals surface area contributed by atoms with E-state index in [4.69, 9.17) is 10.00 Å². The second kappa shape index (κ2) is 11.1. The standard InChI is InChI=1S/C26H26N4O4S/c27-17-20-7-9-25(10-8-20)35(32,33)30-14-11-22(12-15-30)26(31)29-18-21-4-3-6-24(16-21)34-19-23-5-1-2-13-28-23/h1-10,13,16,22H,11-12,14-15,18-19H2,(H,29,31). The number of amides is 1. The molecule has 3 aromatic rings. The molecule has 1 aliphatic heterocycles. The summed E-state index contributed by atoms with van der Waals surface area (Å²) >= 11 is 0. The maximum absolute atomic E-state index is 12.9. The summed E-state index contributed by atoms with van der Waals surface area (Å²) in [5.74, 6) is 0.370. The molecular formula is C26H26N4O4S. The van der Waals surface area contributed by atoms with Crippen LogP contribution >= 0.6 is 0 Å². The van der Waals surface area contributed by atoms with E-state index in [2.05, 4.69) is 10.3 Å². The summed E-state index contributed by atoms with van der Waals surface area (Å²) in [6.45, 7) is 1.28. The van der Waals surface area contributed by atoms with E-state index in [1.165, 1.54) is 28.6 Å². The number of aromatic nitrogens is 1. The molecule has 35 heavy (non-hydrogen) atoms. The normalized spacial score (nSPS) is 14.7. The van der Waals surface area contributed by atoms with Crippen molar-refractivity contribution in [3.05, 3.63) is 89.7 Å². The summed E-state index contributed by atoms with van der Waals surface area (Å²) in [6, 6.07) is 21.0. The molecule has 8 nitrogen and oxygen atoms in total. The van der Waals surface area contributed by atoms with Crippen LogP contribution in [0.15, 0.2) is 77.8 Å². The first-order valence-corrected chi connectivity index (χ1v) is 12.8. The quantitative estimate of drug-likeness (QED) is 0.519. The van der Waals surface area contributed by atoms with Crippen molar-refractivity contribution in [1.82, 2.24) is 14.6 Å². The molecule has 0 bridgehead atoms. The highest BCUT2D eigenvalue weighted by Crippen LogP contribution is 2.24. The van der Waals surface area contributed by atoms with Gasteiger partial charge in [-0.25, -0.2) is 8.42 Å². The lowest BCUT2D eigenvalue weighted by molar-refractivity contribution is -0.126. The first-order chi connectivity index (χ1) is 17.0. The van der Waals surface area contributed by atoms with Gasteiger partial charge < -0.3 is 10.1 Å². The Balaban J connectivity index is 1.26. The van der Waals surface area contributed by atoms with Gasteiger partial charge in [0.2, 0.25) is 15.9 Å². The number of ether oxygens (including phenoxy) is 1. The highest BCUT2D eigenvalue weighted by Gasteiger charge is 2.32. The van der Waals surface area contributed by atoms with Crippen LogP contribution in [-0.2, 0) is 28.0 Å². The molecule has 1 amide bonds. The van der Waals surface area contributed by atoms with Crippen molar-refractivity contribution in [2.45, 2.75) is 30.9 Å². The van der Waals surface area contributed by atoms with Crippen LogP contribution in [0.5, 0.6) is 5.75 Å². The SMILES string of the molecule is N#Cc1ccc(S(=O)(=O)N2CCC(C(=O)NCc3cccc(OCc4ccccn4)c3)CC2)cc1. The van der Waals surface area contributed by atoms with E-state index in [9.17, 15) is 13.2 Å². The second-order valence-electron chi connectivity index (χ2n) is 8.29. The van der Waals surface area contributed by atoms with Crippen molar-refractivity contribution in [1.29, 1.82) is 5.26 Å². The lowest BCUT2D eigenvalue weighted by atomic mass is 9.97. The molecule has 1 fully saturated rings. The van der Waals surface area contributed by atoms with Crippen LogP contribution < -0.4 is 10.1 Å². The lowest BCUT2D eigenvalue weighted by Gasteiger charge is -2.30. The number of nitrogens with zero attached hydrogens (tertiary/aromatic N) is 3. The molecule has 0 unspecified atom stereocenters. The Hall–Kier alpha value is -3.74. The highest BCUT2D eigenvalue weighted by molar-refractivity contribution is 7.89. The highest BCUT2D eigenvalue weighted by atomic mass is 32.2. The average Bonchev–Trinajstić information content (AvgIpc) is 2.91. The number of hydrogen-bond donors (Lipinski definition) is 1. The number of rotatable bonds is 8. The molecule has 1 saturated heterocycles. The minimum Gasteiger partial charge on any atom is -0.487 e. The summed E-state index contributed by atoms with van der Waals surface area (Å²) in [6.07, 6.45) is 2.63. The van der Waals surface area contributed by atoms with Crippen LogP contribution in [0, 0.1) is 17.2 Å². The first kappa shape index (κ1) is 24.4. The zero-order chi connectivity index (χ0) is 24.7. The van der Waals surface area contributed by atoms with Gasteiger partial charge in [-0.3, -0.25) is 9.78 Å². The van der Waals surface area contributed by atoms with E-state index in [1.54, 1.807) is 6.20 Å². The summed E-state index contributed by atoms with van der Waals surface area (Å²) in [5, 5.41) is 11.9. The maximum atomic E-state index is 12.9. The third-order valence-electron chi connectivity index (χ3n) is 5.92. The summed E-state index contributed by atoms with van der Waals surface area (Å²) in [7, 11) is -3.65. The molecule has 0 saturated carbocycles. The second-order valence-corrected chi connectivity index (χ2v) is 10.2. The third-order valence-corrected chi connectivity index (χ3v) is 7.84. The van der Waals surface area contributed by atoms with Crippen molar-refractivity contribution in [3.8, 4) is 11.8 Å². The summed E-state index contributed by atoms with van der Waals surface area (Å²) in [5.41, 5.74) is 2.15. The largest absolute Gasteiger partial charge is 0.487 e. The third kappa shape index (κ3) is 6.23. The Labute approximate surface area is 205 Å². The molecule has 180 valence electrons. The fourth-order valence-electron chi connectivity index (χ4n) is 3.93. The average molecular weight is 491 g/mol. The summed E-state index contributed by atoms with van der Waals surface area (Å²) in [4.78, 5) is 17.1. The molecule has 0 spiro atoms. The maximum Gasteiger partial charge on any atom is 0.243 e. The van der Waals surface area contributed by atoms with E-state index in [0.29, 0.717) is 37.3 Å². The molecule has 1 N–H and O–H groups in total. The van der Waals surface area contributed by atoms with Crippen molar-refractivity contribution in [2.75, 3.05) is 13.1 Å². The monoisotopic (exact) mass is 490 g/mol. The van der Waals surface area contributed by atoms with E-state index in [-0.39, 0.29) is 29.8 Å². The lowest BCUT2D eigenvalue weighted by Crippen LogP contribution is -2.42. The zero-order valence-electron chi connectivity index (χ0n) is 19.1. The molecule has 1 aliphatic rings. The molecule has 0 radical (unpaired) electrons. The van der Waals surface area contributed by atoms with Crippen LogP contribution in [0.2, 0.25) is 0 Å². The Bertz CT molecular complexity index is 1300. The Morgan fingerprint density at radius 1 is 1.09 bits per heavy atom. The van der Waals surface area contributed by atoms with Crippen molar-refractivity contribution < 1.29 is 17.9 Å². The number of nitriles is 1. The molecule has 4 rings (SSSR count). The van der Waals surface area contributed by atoms with Gasteiger partial charge in [0.1, 0.15) is 12.4 Å². The van der Waals surface area contributed by atoms with Gasteiger partial charge in [-0.15, -0.1) is 0 Å². The van der Waals surface area contributed by atoms with Crippen LogP contribution in [0.3, 0.4) is 0 Å². The van der Waals surface area contributed by atoms with Crippen LogP contribution in [0.4, 0.5) is 0 Å².